The van der Waals surface area contributed by atoms with Gasteiger partial charge in [-0.2, -0.15) is 0 Å². The summed E-state index contributed by atoms with van der Waals surface area (Å²) in [5.41, 5.74) is 3.43. The van der Waals surface area contributed by atoms with Crippen molar-refractivity contribution in [2.45, 2.75) is 40.2 Å². The van der Waals surface area contributed by atoms with Gasteiger partial charge < -0.3 is 9.47 Å². The molecule has 0 aromatic heterocycles. The molecule has 0 radical (unpaired) electrons. The molecule has 4 rings (SSSR count). The number of rotatable bonds is 4. The average Bonchev–Trinajstić information content (AvgIpc) is 2.86. The van der Waals surface area contributed by atoms with E-state index in [9.17, 15) is 4.79 Å². The van der Waals surface area contributed by atoms with Crippen LogP contribution in [0.15, 0.2) is 48.5 Å². The monoisotopic (exact) mass is 350 g/mol. The summed E-state index contributed by atoms with van der Waals surface area (Å²) in [7, 11) is 0. The van der Waals surface area contributed by atoms with Gasteiger partial charge in [-0.05, 0) is 40.5 Å². The fourth-order valence-electron chi connectivity index (χ4n) is 4.27. The van der Waals surface area contributed by atoms with E-state index >= 15 is 0 Å². The molecule has 0 amide bonds. The highest BCUT2D eigenvalue weighted by atomic mass is 16.6. The molecule has 0 spiro atoms. The zero-order valence-corrected chi connectivity index (χ0v) is 15.9. The van der Waals surface area contributed by atoms with E-state index in [1.54, 1.807) is 0 Å². The summed E-state index contributed by atoms with van der Waals surface area (Å²) in [5, 5.41) is 0. The first kappa shape index (κ1) is 17.1. The first-order chi connectivity index (χ1) is 12.3. The highest BCUT2D eigenvalue weighted by Gasteiger charge is 2.69. The summed E-state index contributed by atoms with van der Waals surface area (Å²) in [5.74, 6) is 0.676. The van der Waals surface area contributed by atoms with E-state index < -0.39 is 0 Å². The summed E-state index contributed by atoms with van der Waals surface area (Å²) in [6, 6.07) is 16.6. The van der Waals surface area contributed by atoms with Crippen LogP contribution >= 0.6 is 0 Å². The van der Waals surface area contributed by atoms with E-state index in [4.69, 9.17) is 9.47 Å². The summed E-state index contributed by atoms with van der Waals surface area (Å²) >= 11 is 0. The number of ether oxygens (including phenoxy) is 2. The fraction of sp³-hybridized carbons (Fsp3) is 0.435. The quantitative estimate of drug-likeness (QED) is 0.733. The second kappa shape index (κ2) is 5.87. The lowest BCUT2D eigenvalue weighted by molar-refractivity contribution is -0.153. The van der Waals surface area contributed by atoms with Crippen molar-refractivity contribution in [2.24, 2.45) is 16.7 Å². The Labute approximate surface area is 155 Å². The molecule has 1 saturated carbocycles. The van der Waals surface area contributed by atoms with Crippen molar-refractivity contribution in [1.29, 1.82) is 0 Å². The molecule has 2 aliphatic rings. The molecule has 1 atom stereocenters. The Morgan fingerprint density at radius 1 is 1.04 bits per heavy atom. The molecule has 136 valence electrons. The van der Waals surface area contributed by atoms with Gasteiger partial charge in [-0.15, -0.1) is 0 Å². The van der Waals surface area contributed by atoms with Gasteiger partial charge in [0.15, 0.2) is 6.10 Å². The molecule has 26 heavy (non-hydrogen) atoms. The van der Waals surface area contributed by atoms with E-state index in [0.717, 1.165) is 17.7 Å². The van der Waals surface area contributed by atoms with Crippen LogP contribution in [0.25, 0.3) is 0 Å². The van der Waals surface area contributed by atoms with E-state index in [-0.39, 0.29) is 28.8 Å². The van der Waals surface area contributed by atoms with Gasteiger partial charge >= 0.3 is 5.97 Å². The lowest BCUT2D eigenvalue weighted by Gasteiger charge is -2.13. The van der Waals surface area contributed by atoms with Crippen molar-refractivity contribution < 1.29 is 14.3 Å². The van der Waals surface area contributed by atoms with Gasteiger partial charge in [0.25, 0.3) is 0 Å². The molecule has 1 unspecified atom stereocenters. The SMILES string of the molecule is CC1(C)C(C(=O)OC2COc3ccc(Cc4ccccc4)cc32)C1(C)C. The third-order valence-electron chi connectivity index (χ3n) is 6.58. The van der Waals surface area contributed by atoms with Crippen LogP contribution in [0.2, 0.25) is 0 Å². The minimum atomic E-state index is -0.305. The van der Waals surface area contributed by atoms with Crippen LogP contribution in [0.4, 0.5) is 0 Å². The molecular formula is C23H26O3. The Bertz CT molecular complexity index is 822. The molecular weight excluding hydrogens is 324 g/mol. The maximum Gasteiger partial charge on any atom is 0.310 e. The predicted octanol–water partition coefficient (Wildman–Crippen LogP) is 4.94. The Morgan fingerprint density at radius 2 is 1.73 bits per heavy atom. The van der Waals surface area contributed by atoms with Gasteiger partial charge in [-0.1, -0.05) is 64.1 Å². The predicted molar refractivity (Wildman–Crippen MR) is 101 cm³/mol. The van der Waals surface area contributed by atoms with Crippen molar-refractivity contribution >= 4 is 5.97 Å². The van der Waals surface area contributed by atoms with E-state index in [2.05, 4.69) is 64.1 Å². The molecule has 0 bridgehead atoms. The summed E-state index contributed by atoms with van der Waals surface area (Å²) in [4.78, 5) is 12.7. The molecule has 1 heterocycles. The van der Waals surface area contributed by atoms with Gasteiger partial charge in [0, 0.05) is 5.56 Å². The van der Waals surface area contributed by atoms with Crippen LogP contribution in [-0.4, -0.2) is 12.6 Å². The fourth-order valence-corrected chi connectivity index (χ4v) is 4.27. The summed E-state index contributed by atoms with van der Waals surface area (Å²) in [6.07, 6.45) is 0.553. The maximum absolute atomic E-state index is 12.7. The Kier molecular flexibility index (Phi) is 3.87. The first-order valence-corrected chi connectivity index (χ1v) is 9.31. The largest absolute Gasteiger partial charge is 0.489 e. The topological polar surface area (TPSA) is 35.5 Å². The number of carbonyl (C=O) groups is 1. The Balaban J connectivity index is 1.50. The maximum atomic E-state index is 12.7. The summed E-state index contributed by atoms with van der Waals surface area (Å²) < 4.78 is 11.6. The van der Waals surface area contributed by atoms with Crippen molar-refractivity contribution in [3.8, 4) is 5.75 Å². The van der Waals surface area contributed by atoms with Crippen LogP contribution in [0.1, 0.15) is 50.5 Å². The second-order valence-corrected chi connectivity index (χ2v) is 8.65. The van der Waals surface area contributed by atoms with Crippen molar-refractivity contribution in [2.75, 3.05) is 6.61 Å². The van der Waals surface area contributed by atoms with E-state index in [0.29, 0.717) is 6.61 Å². The third-order valence-corrected chi connectivity index (χ3v) is 6.58. The van der Waals surface area contributed by atoms with Crippen LogP contribution in [0, 0.1) is 16.7 Å². The van der Waals surface area contributed by atoms with Gasteiger partial charge in [0.1, 0.15) is 12.4 Å². The van der Waals surface area contributed by atoms with Crippen LogP contribution in [-0.2, 0) is 16.0 Å². The Hall–Kier alpha value is -2.29. The number of fused-ring (bicyclic) bond motifs is 1. The average molecular weight is 350 g/mol. The highest BCUT2D eigenvalue weighted by molar-refractivity contribution is 5.79. The molecule has 0 saturated heterocycles. The lowest BCUT2D eigenvalue weighted by atomic mass is 10.0. The zero-order chi connectivity index (χ0) is 18.5. The van der Waals surface area contributed by atoms with Gasteiger partial charge in [-0.25, -0.2) is 0 Å². The normalized spacial score (nSPS) is 22.4. The Morgan fingerprint density at radius 3 is 2.38 bits per heavy atom. The zero-order valence-electron chi connectivity index (χ0n) is 15.9. The van der Waals surface area contributed by atoms with Crippen LogP contribution in [0.5, 0.6) is 5.75 Å². The van der Waals surface area contributed by atoms with Crippen molar-refractivity contribution in [3.05, 3.63) is 65.2 Å². The van der Waals surface area contributed by atoms with Crippen LogP contribution in [0.3, 0.4) is 0 Å². The highest BCUT2D eigenvalue weighted by Crippen LogP contribution is 2.68. The lowest BCUT2D eigenvalue weighted by Crippen LogP contribution is -2.17. The second-order valence-electron chi connectivity index (χ2n) is 8.65. The molecule has 0 N–H and O–H groups in total. The number of benzene rings is 2. The van der Waals surface area contributed by atoms with Crippen molar-refractivity contribution in [1.82, 2.24) is 0 Å². The number of carbonyl (C=O) groups excluding carboxylic acids is 1. The standard InChI is InChI=1S/C23H26O3/c1-22(2)20(23(22,3)4)21(24)26-19-14-25-18-11-10-16(13-17(18)19)12-15-8-6-5-7-9-15/h5-11,13,19-20H,12,14H2,1-4H3. The van der Waals surface area contributed by atoms with Gasteiger partial charge in [-0.3, -0.25) is 4.79 Å². The van der Waals surface area contributed by atoms with E-state index in [1.807, 2.05) is 12.1 Å². The number of hydrogen-bond donors (Lipinski definition) is 0. The molecule has 1 aliphatic carbocycles. The molecule has 3 heteroatoms. The number of esters is 1. The summed E-state index contributed by atoms with van der Waals surface area (Å²) in [6.45, 7) is 8.95. The van der Waals surface area contributed by atoms with Crippen molar-refractivity contribution in [3.63, 3.8) is 0 Å². The van der Waals surface area contributed by atoms with Gasteiger partial charge in [0.05, 0.1) is 5.92 Å². The minimum absolute atomic E-state index is 0.0124. The third kappa shape index (κ3) is 2.70. The molecule has 3 nitrogen and oxygen atoms in total. The molecule has 1 aliphatic heterocycles. The van der Waals surface area contributed by atoms with E-state index in [1.165, 1.54) is 11.1 Å². The first-order valence-electron chi connectivity index (χ1n) is 9.31. The van der Waals surface area contributed by atoms with Gasteiger partial charge in [0.2, 0.25) is 0 Å². The minimum Gasteiger partial charge on any atom is -0.489 e. The smallest absolute Gasteiger partial charge is 0.310 e. The van der Waals surface area contributed by atoms with Crippen LogP contribution < -0.4 is 4.74 Å². The molecule has 1 fully saturated rings. The number of hydrogen-bond acceptors (Lipinski definition) is 3. The molecule has 2 aromatic carbocycles. The molecule has 2 aromatic rings.